The second-order valence-corrected chi connectivity index (χ2v) is 0.836. The van der Waals surface area contributed by atoms with Crippen molar-refractivity contribution in [3.05, 3.63) is 12.7 Å². The predicted molar refractivity (Wildman–Crippen MR) is 34.0 cm³/mol. The molecule has 0 atom stereocenters. The second-order valence-electron chi connectivity index (χ2n) is 0.471. The maximum Gasteiger partial charge on any atom is 0.0814 e. The van der Waals surface area contributed by atoms with Gasteiger partial charge in [-0.3, -0.25) is 0 Å². The van der Waals surface area contributed by atoms with Crippen LogP contribution in [0.1, 0.15) is 0 Å². The first kappa shape index (κ1) is 8.94. The van der Waals surface area contributed by atoms with Gasteiger partial charge in [0, 0.05) is 5.75 Å². The highest BCUT2D eigenvalue weighted by Gasteiger charge is 1.45. The van der Waals surface area contributed by atoms with Crippen molar-refractivity contribution in [3.63, 3.8) is 0 Å². The van der Waals surface area contributed by atoms with Gasteiger partial charge in [-0.2, -0.15) is 12.6 Å². The summed E-state index contributed by atoms with van der Waals surface area (Å²) in [4.78, 5) is 0. The van der Waals surface area contributed by atoms with Crippen LogP contribution in [0.2, 0.25) is 0 Å². The number of hydrogen-bond donors (Lipinski definition) is 1. The van der Waals surface area contributed by atoms with Crippen LogP contribution in [0.3, 0.4) is 0 Å². The van der Waals surface area contributed by atoms with Crippen LogP contribution in [0.15, 0.2) is 12.7 Å². The third-order valence-corrected chi connectivity index (χ3v) is 0.387. The van der Waals surface area contributed by atoms with Crippen LogP contribution in [0.4, 0.5) is 0 Å². The molecule has 0 unspecified atom stereocenters. The van der Waals surface area contributed by atoms with E-state index in [2.05, 4.69) is 19.2 Å². The topological polar surface area (TPSA) is 0 Å². The van der Waals surface area contributed by atoms with Crippen LogP contribution in [0.5, 0.6) is 0 Å². The molecule has 0 heterocycles. The van der Waals surface area contributed by atoms with Crippen LogP contribution in [0, 0.1) is 0 Å². The Balaban J connectivity index is 0. The van der Waals surface area contributed by atoms with E-state index in [1.54, 1.807) is 6.08 Å². The Labute approximate surface area is 40.3 Å². The van der Waals surface area contributed by atoms with Crippen molar-refractivity contribution < 1.29 is 0 Å². The van der Waals surface area contributed by atoms with Gasteiger partial charge in [0.1, 0.15) is 0 Å². The van der Waals surface area contributed by atoms with E-state index in [1.807, 2.05) is 0 Å². The van der Waals surface area contributed by atoms with Crippen LogP contribution in [-0.2, 0) is 0 Å². The molecule has 0 aliphatic carbocycles. The molecule has 0 saturated heterocycles. The van der Waals surface area contributed by atoms with Gasteiger partial charge in [-0.05, 0) is 0 Å². The van der Waals surface area contributed by atoms with Crippen LogP contribution in [-0.4, -0.2) is 14.2 Å². The fourth-order valence-electron chi connectivity index (χ4n) is 0. The van der Waals surface area contributed by atoms with Crippen molar-refractivity contribution in [2.75, 3.05) is 5.75 Å². The van der Waals surface area contributed by atoms with Crippen molar-refractivity contribution in [1.29, 1.82) is 0 Å². The summed E-state index contributed by atoms with van der Waals surface area (Å²) in [6, 6.07) is 0. The predicted octanol–water partition coefficient (Wildman–Crippen LogP) is -0.0817. The zero-order chi connectivity index (χ0) is 3.41. The van der Waals surface area contributed by atoms with E-state index in [0.717, 1.165) is 5.75 Å². The summed E-state index contributed by atoms with van der Waals surface area (Å²) in [5.41, 5.74) is 0. The molecular formula is C3H9BS. The number of thiol groups is 1. The molecule has 0 aromatic rings. The van der Waals surface area contributed by atoms with Crippen molar-refractivity contribution in [2.24, 2.45) is 0 Å². The minimum absolute atomic E-state index is 0. The van der Waals surface area contributed by atoms with Gasteiger partial charge < -0.3 is 0 Å². The molecule has 0 N–H and O–H groups in total. The first-order valence-corrected chi connectivity index (χ1v) is 1.77. The van der Waals surface area contributed by atoms with E-state index in [1.165, 1.54) is 0 Å². The monoisotopic (exact) mass is 88.1 g/mol. The van der Waals surface area contributed by atoms with Crippen LogP contribution < -0.4 is 0 Å². The molecular weight excluding hydrogens is 78.9 g/mol. The molecule has 0 spiro atoms. The Morgan fingerprint density at radius 2 is 2.00 bits per heavy atom. The third-order valence-electron chi connectivity index (χ3n) is 0.129. The lowest BCUT2D eigenvalue weighted by Crippen LogP contribution is -1.45. The lowest BCUT2D eigenvalue weighted by atomic mass is 10.8. The molecule has 5 heavy (non-hydrogen) atoms. The van der Waals surface area contributed by atoms with E-state index in [0.29, 0.717) is 0 Å². The molecule has 0 aliphatic rings. The minimum atomic E-state index is 0. The van der Waals surface area contributed by atoms with Gasteiger partial charge in [0.05, 0.1) is 8.41 Å². The van der Waals surface area contributed by atoms with Gasteiger partial charge in [0.2, 0.25) is 0 Å². The lowest BCUT2D eigenvalue weighted by molar-refractivity contribution is 1.85. The zero-order valence-electron chi connectivity index (χ0n) is 2.44. The molecule has 0 fully saturated rings. The maximum atomic E-state index is 3.80. The fraction of sp³-hybridized carbons (Fsp3) is 0.333. The fourth-order valence-corrected chi connectivity index (χ4v) is 0. The molecule has 0 bridgehead atoms. The highest BCUT2D eigenvalue weighted by Crippen LogP contribution is 1.65. The first-order chi connectivity index (χ1) is 1.91. The summed E-state index contributed by atoms with van der Waals surface area (Å²) in [6.07, 6.45) is 1.74. The van der Waals surface area contributed by atoms with Gasteiger partial charge in [0.15, 0.2) is 0 Å². The summed E-state index contributed by atoms with van der Waals surface area (Å²) in [5.74, 6) is 0.778. The molecule has 0 aliphatic heterocycles. The summed E-state index contributed by atoms with van der Waals surface area (Å²) in [5, 5.41) is 0. The Kier molecular flexibility index (Phi) is 15.9. The SMILES string of the molecule is B.C=CCS. The highest BCUT2D eigenvalue weighted by molar-refractivity contribution is 7.80. The van der Waals surface area contributed by atoms with E-state index < -0.39 is 0 Å². The lowest BCUT2D eigenvalue weighted by Gasteiger charge is -1.57. The van der Waals surface area contributed by atoms with Crippen molar-refractivity contribution >= 4 is 21.0 Å². The second kappa shape index (κ2) is 8.91. The summed E-state index contributed by atoms with van der Waals surface area (Å²) < 4.78 is 0. The van der Waals surface area contributed by atoms with Gasteiger partial charge in [-0.25, -0.2) is 0 Å². The molecule has 0 aromatic heterocycles. The highest BCUT2D eigenvalue weighted by atomic mass is 32.1. The van der Waals surface area contributed by atoms with Gasteiger partial charge in [-0.15, -0.1) is 6.58 Å². The number of rotatable bonds is 1. The molecule has 30 valence electrons. The molecule has 0 rings (SSSR count). The average molecular weight is 88.0 g/mol. The molecule has 2 heteroatoms. The van der Waals surface area contributed by atoms with E-state index in [9.17, 15) is 0 Å². The maximum absolute atomic E-state index is 3.80. The Morgan fingerprint density at radius 1 is 1.80 bits per heavy atom. The first-order valence-electron chi connectivity index (χ1n) is 1.13. The molecule has 0 aromatic carbocycles. The quantitative estimate of drug-likeness (QED) is 0.258. The van der Waals surface area contributed by atoms with E-state index in [4.69, 9.17) is 0 Å². The standard InChI is InChI=1S/C3H6S.BH3/c1-2-3-4;/h2,4H,1,3H2;1H3. The largest absolute Gasteiger partial charge is 0.175 e. The molecule has 0 radical (unpaired) electrons. The summed E-state index contributed by atoms with van der Waals surface area (Å²) in [6.45, 7) is 3.40. The molecule has 0 amide bonds. The Bertz CT molecular complexity index is 20.9. The smallest absolute Gasteiger partial charge is 0.0814 e. The average Bonchev–Trinajstić information content (AvgIpc) is 1.37. The third kappa shape index (κ3) is 14.5. The van der Waals surface area contributed by atoms with Crippen LogP contribution in [0.25, 0.3) is 0 Å². The number of hydrogen-bond acceptors (Lipinski definition) is 1. The van der Waals surface area contributed by atoms with Crippen molar-refractivity contribution in [1.82, 2.24) is 0 Å². The zero-order valence-corrected chi connectivity index (χ0v) is 3.33. The van der Waals surface area contributed by atoms with Crippen molar-refractivity contribution in [3.8, 4) is 0 Å². The summed E-state index contributed by atoms with van der Waals surface area (Å²) in [7, 11) is 0. The molecule has 0 nitrogen and oxygen atoms in total. The van der Waals surface area contributed by atoms with E-state index >= 15 is 0 Å². The summed E-state index contributed by atoms with van der Waals surface area (Å²) >= 11 is 3.80. The molecule has 0 saturated carbocycles. The normalized spacial score (nSPS) is 5.00. The van der Waals surface area contributed by atoms with Gasteiger partial charge in [0.25, 0.3) is 0 Å². The Hall–Kier alpha value is 0.155. The van der Waals surface area contributed by atoms with Gasteiger partial charge in [-0.1, -0.05) is 6.08 Å². The minimum Gasteiger partial charge on any atom is -0.175 e. The van der Waals surface area contributed by atoms with Crippen LogP contribution >= 0.6 is 12.6 Å². The Morgan fingerprint density at radius 3 is 2.00 bits per heavy atom. The van der Waals surface area contributed by atoms with Crippen molar-refractivity contribution in [2.45, 2.75) is 0 Å². The van der Waals surface area contributed by atoms with E-state index in [-0.39, 0.29) is 8.41 Å². The van der Waals surface area contributed by atoms with Gasteiger partial charge >= 0.3 is 0 Å².